The van der Waals surface area contributed by atoms with E-state index in [2.05, 4.69) is 5.32 Å². The van der Waals surface area contributed by atoms with Gasteiger partial charge in [-0.1, -0.05) is 19.3 Å². The first-order valence-corrected chi connectivity index (χ1v) is 6.72. The summed E-state index contributed by atoms with van der Waals surface area (Å²) in [6, 6.07) is 0. The van der Waals surface area contributed by atoms with Crippen molar-refractivity contribution in [2.45, 2.75) is 63.5 Å². The Morgan fingerprint density at radius 1 is 0.800 bits per heavy atom. The van der Waals surface area contributed by atoms with E-state index in [9.17, 15) is 0 Å². The number of hydrogen-bond acceptors (Lipinski definition) is 2. The van der Waals surface area contributed by atoms with Crippen LogP contribution in [0.5, 0.6) is 0 Å². The van der Waals surface area contributed by atoms with Gasteiger partial charge in [0, 0.05) is 12.0 Å². The van der Waals surface area contributed by atoms with E-state index >= 15 is 0 Å². The van der Waals surface area contributed by atoms with Crippen molar-refractivity contribution in [3.63, 3.8) is 0 Å². The second-order valence-corrected chi connectivity index (χ2v) is 5.90. The molecule has 2 nitrogen and oxygen atoms in total. The minimum Gasteiger partial charge on any atom is -0.360 e. The molecule has 15 heavy (non-hydrogen) atoms. The van der Waals surface area contributed by atoms with Gasteiger partial charge in [-0.15, -0.1) is 0 Å². The van der Waals surface area contributed by atoms with Gasteiger partial charge in [-0.2, -0.15) is 0 Å². The Balaban J connectivity index is 1.63. The molecule has 0 aromatic heterocycles. The summed E-state index contributed by atoms with van der Waals surface area (Å²) in [5.41, 5.74) is 0.606. The molecule has 0 radical (unpaired) electrons. The van der Waals surface area contributed by atoms with Crippen molar-refractivity contribution in [2.75, 3.05) is 13.2 Å². The molecule has 0 unspecified atom stereocenters. The minimum atomic E-state index is 0.0999. The molecule has 2 heteroatoms. The minimum absolute atomic E-state index is 0.0999. The van der Waals surface area contributed by atoms with E-state index in [1.807, 2.05) is 0 Å². The molecule has 1 N–H and O–H groups in total. The maximum atomic E-state index is 6.21. The lowest BCUT2D eigenvalue weighted by molar-refractivity contribution is -0.149. The van der Waals surface area contributed by atoms with Gasteiger partial charge in [-0.05, 0) is 38.5 Å². The van der Waals surface area contributed by atoms with Gasteiger partial charge in [0.25, 0.3) is 0 Å². The van der Waals surface area contributed by atoms with Crippen LogP contribution in [0, 0.1) is 5.41 Å². The Kier molecular flexibility index (Phi) is 2.52. The zero-order valence-electron chi connectivity index (χ0n) is 9.69. The van der Waals surface area contributed by atoms with Crippen LogP contribution in [0.4, 0.5) is 0 Å². The standard InChI is InChI=1S/C13H23NO/c1-2-6-12(7-3-1)10-14-13(15-11-12)8-4-5-9-13/h14H,1-11H2. The molecular formula is C13H23NO. The van der Waals surface area contributed by atoms with Gasteiger partial charge < -0.3 is 4.74 Å². The molecule has 86 valence electrons. The van der Waals surface area contributed by atoms with Gasteiger partial charge in [0.1, 0.15) is 5.72 Å². The van der Waals surface area contributed by atoms with Crippen LogP contribution in [0.1, 0.15) is 57.8 Å². The quantitative estimate of drug-likeness (QED) is 0.662. The number of hydrogen-bond donors (Lipinski definition) is 1. The fraction of sp³-hybridized carbons (Fsp3) is 1.00. The van der Waals surface area contributed by atoms with Crippen molar-refractivity contribution in [3.8, 4) is 0 Å². The largest absolute Gasteiger partial charge is 0.360 e. The Morgan fingerprint density at radius 2 is 1.47 bits per heavy atom. The summed E-state index contributed by atoms with van der Waals surface area (Å²) in [5, 5.41) is 3.73. The molecule has 2 aliphatic carbocycles. The number of ether oxygens (including phenoxy) is 1. The summed E-state index contributed by atoms with van der Waals surface area (Å²) < 4.78 is 6.21. The molecule has 1 saturated heterocycles. The van der Waals surface area contributed by atoms with Gasteiger partial charge in [0.2, 0.25) is 0 Å². The van der Waals surface area contributed by atoms with Crippen molar-refractivity contribution in [2.24, 2.45) is 5.41 Å². The van der Waals surface area contributed by atoms with Crippen LogP contribution in [0.3, 0.4) is 0 Å². The molecule has 3 aliphatic rings. The van der Waals surface area contributed by atoms with Crippen LogP contribution in [0.15, 0.2) is 0 Å². The molecule has 1 heterocycles. The first kappa shape index (κ1) is 10.1. The van der Waals surface area contributed by atoms with Crippen molar-refractivity contribution >= 4 is 0 Å². The molecule has 0 aromatic carbocycles. The third-order valence-corrected chi connectivity index (χ3v) is 4.77. The van der Waals surface area contributed by atoms with E-state index in [0.717, 1.165) is 6.61 Å². The second-order valence-electron chi connectivity index (χ2n) is 5.90. The zero-order chi connectivity index (χ0) is 10.2. The molecule has 1 aliphatic heterocycles. The average molecular weight is 209 g/mol. The van der Waals surface area contributed by atoms with Crippen LogP contribution in [0.25, 0.3) is 0 Å². The molecule has 0 bridgehead atoms. The van der Waals surface area contributed by atoms with Crippen molar-refractivity contribution in [3.05, 3.63) is 0 Å². The summed E-state index contributed by atoms with van der Waals surface area (Å²) in [6.45, 7) is 2.24. The molecule has 0 aromatic rings. The predicted octanol–water partition coefficient (Wildman–Crippen LogP) is 2.83. The van der Waals surface area contributed by atoms with Crippen LogP contribution >= 0.6 is 0 Å². The highest BCUT2D eigenvalue weighted by molar-refractivity contribution is 4.95. The molecule has 2 spiro atoms. The van der Waals surface area contributed by atoms with E-state index in [1.54, 1.807) is 0 Å². The van der Waals surface area contributed by atoms with Gasteiger partial charge in [-0.25, -0.2) is 0 Å². The molecule has 0 amide bonds. The van der Waals surface area contributed by atoms with Crippen LogP contribution < -0.4 is 5.32 Å². The van der Waals surface area contributed by atoms with E-state index < -0.39 is 0 Å². The molecular weight excluding hydrogens is 186 g/mol. The molecule has 3 fully saturated rings. The number of nitrogens with one attached hydrogen (secondary N) is 1. The van der Waals surface area contributed by atoms with Crippen molar-refractivity contribution < 1.29 is 4.74 Å². The summed E-state index contributed by atoms with van der Waals surface area (Å²) in [4.78, 5) is 0. The Morgan fingerprint density at radius 3 is 2.07 bits per heavy atom. The highest BCUT2D eigenvalue weighted by Gasteiger charge is 2.44. The first-order valence-electron chi connectivity index (χ1n) is 6.72. The van der Waals surface area contributed by atoms with E-state index in [-0.39, 0.29) is 5.72 Å². The zero-order valence-corrected chi connectivity index (χ0v) is 9.69. The van der Waals surface area contributed by atoms with Crippen LogP contribution in [0.2, 0.25) is 0 Å². The second kappa shape index (κ2) is 3.74. The molecule has 0 atom stereocenters. The summed E-state index contributed by atoms with van der Waals surface area (Å²) >= 11 is 0. The summed E-state index contributed by atoms with van der Waals surface area (Å²) in [6.07, 6.45) is 12.2. The maximum absolute atomic E-state index is 6.21. The van der Waals surface area contributed by atoms with Crippen LogP contribution in [-0.2, 0) is 4.74 Å². The topological polar surface area (TPSA) is 21.3 Å². The lowest BCUT2D eigenvalue weighted by atomic mass is 9.73. The maximum Gasteiger partial charge on any atom is 0.119 e. The number of rotatable bonds is 0. The smallest absolute Gasteiger partial charge is 0.119 e. The van der Waals surface area contributed by atoms with E-state index in [1.165, 1.54) is 64.3 Å². The van der Waals surface area contributed by atoms with Gasteiger partial charge in [0.15, 0.2) is 0 Å². The third kappa shape index (κ3) is 1.83. The Labute approximate surface area is 92.8 Å². The van der Waals surface area contributed by atoms with Crippen molar-refractivity contribution in [1.29, 1.82) is 0 Å². The van der Waals surface area contributed by atoms with E-state index in [4.69, 9.17) is 4.74 Å². The highest BCUT2D eigenvalue weighted by atomic mass is 16.5. The fourth-order valence-electron chi connectivity index (χ4n) is 3.63. The normalized spacial score (nSPS) is 33.6. The Bertz CT molecular complexity index is 215. The lowest BCUT2D eigenvalue weighted by Gasteiger charge is -2.47. The summed E-state index contributed by atoms with van der Waals surface area (Å²) in [5.74, 6) is 0. The monoisotopic (exact) mass is 209 g/mol. The SMILES string of the molecule is C1CCC2(CC1)CNC1(CCCC1)OC2. The van der Waals surface area contributed by atoms with E-state index in [0.29, 0.717) is 5.41 Å². The third-order valence-electron chi connectivity index (χ3n) is 4.77. The summed E-state index contributed by atoms with van der Waals surface area (Å²) in [7, 11) is 0. The van der Waals surface area contributed by atoms with Gasteiger partial charge in [0.05, 0.1) is 6.61 Å². The fourth-order valence-corrected chi connectivity index (χ4v) is 3.63. The first-order chi connectivity index (χ1) is 7.33. The predicted molar refractivity (Wildman–Crippen MR) is 60.7 cm³/mol. The average Bonchev–Trinajstić information content (AvgIpc) is 2.74. The van der Waals surface area contributed by atoms with Gasteiger partial charge >= 0.3 is 0 Å². The molecule has 3 rings (SSSR count). The van der Waals surface area contributed by atoms with Crippen molar-refractivity contribution in [1.82, 2.24) is 5.32 Å². The van der Waals surface area contributed by atoms with Crippen LogP contribution in [-0.4, -0.2) is 18.9 Å². The lowest BCUT2D eigenvalue weighted by Crippen LogP contribution is -2.58. The highest BCUT2D eigenvalue weighted by Crippen LogP contribution is 2.43. The molecule has 2 saturated carbocycles. The Hall–Kier alpha value is -0.0800. The van der Waals surface area contributed by atoms with Gasteiger partial charge in [-0.3, -0.25) is 5.32 Å².